The van der Waals surface area contributed by atoms with Gasteiger partial charge < -0.3 is 0 Å². The van der Waals surface area contributed by atoms with Crippen LogP contribution >= 0.6 is 7.82 Å². The Labute approximate surface area is 118 Å². The highest BCUT2D eigenvalue weighted by atomic mass is 31.2. The molecule has 4 nitrogen and oxygen atoms in total. The van der Waals surface area contributed by atoms with Gasteiger partial charge in [0, 0.05) is 0 Å². The van der Waals surface area contributed by atoms with Gasteiger partial charge in [0.05, 0.1) is 19.8 Å². The SMILES string of the molecule is CCCCCCCCOP(=O)(OCC)OCCCC. The maximum atomic E-state index is 12.2. The van der Waals surface area contributed by atoms with Crippen LogP contribution in [0.3, 0.4) is 0 Å². The van der Waals surface area contributed by atoms with Crippen molar-refractivity contribution in [3.05, 3.63) is 0 Å². The Morgan fingerprint density at radius 1 is 0.684 bits per heavy atom. The van der Waals surface area contributed by atoms with Crippen LogP contribution in [0.5, 0.6) is 0 Å². The fourth-order valence-corrected chi connectivity index (χ4v) is 2.89. The van der Waals surface area contributed by atoms with Crippen LogP contribution in [-0.4, -0.2) is 19.8 Å². The van der Waals surface area contributed by atoms with Crippen molar-refractivity contribution in [2.45, 2.75) is 72.1 Å². The molecule has 0 saturated carbocycles. The molecule has 19 heavy (non-hydrogen) atoms. The average molecular weight is 294 g/mol. The molecule has 1 atom stereocenters. The summed E-state index contributed by atoms with van der Waals surface area (Å²) in [6.45, 7) is 7.30. The predicted molar refractivity (Wildman–Crippen MR) is 79.4 cm³/mol. The molecule has 0 aliphatic carbocycles. The third kappa shape index (κ3) is 11.6. The number of hydrogen-bond donors (Lipinski definition) is 0. The van der Waals surface area contributed by atoms with Gasteiger partial charge in [-0.25, -0.2) is 4.57 Å². The summed E-state index contributed by atoms with van der Waals surface area (Å²) in [5, 5.41) is 0. The van der Waals surface area contributed by atoms with Crippen LogP contribution < -0.4 is 0 Å². The van der Waals surface area contributed by atoms with E-state index < -0.39 is 7.82 Å². The number of unbranched alkanes of at least 4 members (excludes halogenated alkanes) is 6. The molecule has 0 aromatic carbocycles. The maximum Gasteiger partial charge on any atom is 0.474 e. The number of phosphoric ester groups is 1. The Bertz CT molecular complexity index is 233. The van der Waals surface area contributed by atoms with Crippen LogP contribution in [0.15, 0.2) is 0 Å². The van der Waals surface area contributed by atoms with E-state index in [0.29, 0.717) is 19.8 Å². The summed E-state index contributed by atoms with van der Waals surface area (Å²) in [4.78, 5) is 0. The highest BCUT2D eigenvalue weighted by molar-refractivity contribution is 7.48. The van der Waals surface area contributed by atoms with Crippen LogP contribution in [0, 0.1) is 0 Å². The molecular formula is C14H31O4P. The van der Waals surface area contributed by atoms with E-state index in [1.165, 1.54) is 25.7 Å². The molecular weight excluding hydrogens is 263 g/mol. The van der Waals surface area contributed by atoms with Gasteiger partial charge in [-0.05, 0) is 19.8 Å². The Balaban J connectivity index is 3.71. The Hall–Kier alpha value is 0.110. The van der Waals surface area contributed by atoms with Gasteiger partial charge in [-0.1, -0.05) is 52.4 Å². The zero-order chi connectivity index (χ0) is 14.4. The maximum absolute atomic E-state index is 12.2. The third-order valence-electron chi connectivity index (χ3n) is 2.78. The van der Waals surface area contributed by atoms with E-state index >= 15 is 0 Å². The summed E-state index contributed by atoms with van der Waals surface area (Å²) < 4.78 is 27.9. The van der Waals surface area contributed by atoms with E-state index in [4.69, 9.17) is 13.6 Å². The van der Waals surface area contributed by atoms with Crippen LogP contribution in [-0.2, 0) is 18.1 Å². The van der Waals surface area contributed by atoms with E-state index in [-0.39, 0.29) is 0 Å². The van der Waals surface area contributed by atoms with E-state index in [9.17, 15) is 4.57 Å². The summed E-state index contributed by atoms with van der Waals surface area (Å²) in [7, 11) is -3.31. The molecule has 0 spiro atoms. The monoisotopic (exact) mass is 294 g/mol. The molecule has 1 unspecified atom stereocenters. The first-order valence-corrected chi connectivity index (χ1v) is 9.18. The van der Waals surface area contributed by atoms with Crippen molar-refractivity contribution in [3.8, 4) is 0 Å². The van der Waals surface area contributed by atoms with Crippen molar-refractivity contribution in [2.24, 2.45) is 0 Å². The first-order chi connectivity index (χ1) is 9.18. The zero-order valence-corrected chi connectivity index (χ0v) is 13.8. The Kier molecular flexibility index (Phi) is 13.2. The van der Waals surface area contributed by atoms with Crippen molar-refractivity contribution >= 4 is 7.82 Å². The second-order valence-corrected chi connectivity index (χ2v) is 6.32. The molecule has 5 heteroatoms. The Morgan fingerprint density at radius 2 is 1.21 bits per heavy atom. The van der Waals surface area contributed by atoms with E-state index in [0.717, 1.165) is 25.7 Å². The van der Waals surface area contributed by atoms with Crippen LogP contribution in [0.2, 0.25) is 0 Å². The quantitative estimate of drug-likeness (QED) is 0.321. The first-order valence-electron chi connectivity index (χ1n) is 7.72. The van der Waals surface area contributed by atoms with Crippen molar-refractivity contribution < 1.29 is 18.1 Å². The predicted octanol–water partition coefficient (Wildman–Crippen LogP) is 5.32. The van der Waals surface area contributed by atoms with Crippen molar-refractivity contribution in [1.82, 2.24) is 0 Å². The first kappa shape index (κ1) is 19.1. The van der Waals surface area contributed by atoms with Gasteiger partial charge in [-0.2, -0.15) is 0 Å². The van der Waals surface area contributed by atoms with Crippen molar-refractivity contribution in [3.63, 3.8) is 0 Å². The molecule has 0 aromatic rings. The third-order valence-corrected chi connectivity index (χ3v) is 4.35. The van der Waals surface area contributed by atoms with Crippen LogP contribution in [0.4, 0.5) is 0 Å². The molecule has 0 bridgehead atoms. The van der Waals surface area contributed by atoms with Gasteiger partial charge in [0.2, 0.25) is 0 Å². The van der Waals surface area contributed by atoms with Crippen LogP contribution in [0.1, 0.15) is 72.1 Å². The summed E-state index contributed by atoms with van der Waals surface area (Å²) in [5.74, 6) is 0. The summed E-state index contributed by atoms with van der Waals surface area (Å²) >= 11 is 0. The van der Waals surface area contributed by atoms with Gasteiger partial charge in [-0.15, -0.1) is 0 Å². The molecule has 0 rings (SSSR count). The standard InChI is InChI=1S/C14H31O4P/c1-4-7-9-10-11-12-14-18-19(15,16-6-3)17-13-8-5-2/h4-14H2,1-3H3. The zero-order valence-electron chi connectivity index (χ0n) is 12.9. The summed E-state index contributed by atoms with van der Waals surface area (Å²) in [5.41, 5.74) is 0. The fourth-order valence-electron chi connectivity index (χ4n) is 1.65. The van der Waals surface area contributed by atoms with Gasteiger partial charge in [0.1, 0.15) is 0 Å². The van der Waals surface area contributed by atoms with E-state index in [1.807, 2.05) is 0 Å². The van der Waals surface area contributed by atoms with Crippen molar-refractivity contribution in [2.75, 3.05) is 19.8 Å². The molecule has 0 aliphatic rings. The molecule has 0 radical (unpaired) electrons. The molecule has 116 valence electrons. The fraction of sp³-hybridized carbons (Fsp3) is 1.00. The van der Waals surface area contributed by atoms with Crippen molar-refractivity contribution in [1.29, 1.82) is 0 Å². The molecule has 0 fully saturated rings. The molecule has 0 aromatic heterocycles. The lowest BCUT2D eigenvalue weighted by Gasteiger charge is -2.17. The number of rotatable bonds is 14. The second kappa shape index (κ2) is 13.1. The molecule has 0 aliphatic heterocycles. The molecule has 0 N–H and O–H groups in total. The number of hydrogen-bond acceptors (Lipinski definition) is 4. The lowest BCUT2D eigenvalue weighted by Crippen LogP contribution is -2.02. The summed E-state index contributed by atoms with van der Waals surface area (Å²) in [6, 6.07) is 0. The van der Waals surface area contributed by atoms with Gasteiger partial charge in [0.15, 0.2) is 0 Å². The minimum absolute atomic E-state index is 0.347. The largest absolute Gasteiger partial charge is 0.474 e. The lowest BCUT2D eigenvalue weighted by molar-refractivity contribution is 0.114. The molecule has 0 amide bonds. The minimum atomic E-state index is -3.31. The average Bonchev–Trinajstić information content (AvgIpc) is 2.38. The summed E-state index contributed by atoms with van der Waals surface area (Å²) in [6.07, 6.45) is 8.93. The Morgan fingerprint density at radius 3 is 1.79 bits per heavy atom. The van der Waals surface area contributed by atoms with Gasteiger partial charge >= 0.3 is 7.82 Å². The van der Waals surface area contributed by atoms with Crippen LogP contribution in [0.25, 0.3) is 0 Å². The highest BCUT2D eigenvalue weighted by Gasteiger charge is 2.25. The normalized spacial score (nSPS) is 14.5. The molecule has 0 saturated heterocycles. The second-order valence-electron chi connectivity index (χ2n) is 4.65. The van der Waals surface area contributed by atoms with Gasteiger partial charge in [0.25, 0.3) is 0 Å². The minimum Gasteiger partial charge on any atom is -0.287 e. The number of phosphoric acid groups is 1. The lowest BCUT2D eigenvalue weighted by atomic mass is 10.1. The van der Waals surface area contributed by atoms with Gasteiger partial charge in [-0.3, -0.25) is 13.6 Å². The van der Waals surface area contributed by atoms with E-state index in [1.54, 1.807) is 6.92 Å². The van der Waals surface area contributed by atoms with E-state index in [2.05, 4.69) is 13.8 Å². The topological polar surface area (TPSA) is 44.8 Å². The molecule has 0 heterocycles. The highest BCUT2D eigenvalue weighted by Crippen LogP contribution is 2.49. The smallest absolute Gasteiger partial charge is 0.287 e.